The summed E-state index contributed by atoms with van der Waals surface area (Å²) in [6.45, 7) is 9.78. The summed E-state index contributed by atoms with van der Waals surface area (Å²) in [5.74, 6) is 0.726. The second-order valence-corrected chi connectivity index (χ2v) is 8.47. The van der Waals surface area contributed by atoms with Crippen LogP contribution in [0, 0.1) is 11.8 Å². The highest BCUT2D eigenvalue weighted by atomic mass is 16.5. The molecule has 0 radical (unpaired) electrons. The van der Waals surface area contributed by atoms with Crippen LogP contribution in [-0.2, 0) is 19.1 Å². The standard InChI is InChI=1S/C22H39N3O4/c1-4-17(3)16-23-22(28)21(18-8-6-7-9-18)25-14-12-24(13-15-25)19(26)10-11-20(27)29-5-2/h17-18,21H,4-16H2,1-3H3,(H,23,28). The maximum atomic E-state index is 13.0. The van der Waals surface area contributed by atoms with Crippen molar-refractivity contribution in [3.63, 3.8) is 0 Å². The highest BCUT2D eigenvalue weighted by molar-refractivity contribution is 5.83. The lowest BCUT2D eigenvalue weighted by Crippen LogP contribution is -2.58. The minimum atomic E-state index is -0.321. The maximum absolute atomic E-state index is 13.0. The molecule has 2 amide bonds. The van der Waals surface area contributed by atoms with Gasteiger partial charge in [-0.1, -0.05) is 33.1 Å². The zero-order valence-corrected chi connectivity index (χ0v) is 18.5. The Kier molecular flexibility index (Phi) is 9.91. The van der Waals surface area contributed by atoms with Crippen molar-refractivity contribution in [3.05, 3.63) is 0 Å². The lowest BCUT2D eigenvalue weighted by molar-refractivity contribution is -0.146. The van der Waals surface area contributed by atoms with E-state index in [-0.39, 0.29) is 36.7 Å². The molecular weight excluding hydrogens is 370 g/mol. The molecule has 1 N–H and O–H groups in total. The van der Waals surface area contributed by atoms with E-state index in [1.54, 1.807) is 6.92 Å². The Morgan fingerprint density at radius 3 is 2.28 bits per heavy atom. The molecule has 2 unspecified atom stereocenters. The number of ether oxygens (including phenoxy) is 1. The first-order valence-corrected chi connectivity index (χ1v) is 11.4. The molecule has 1 saturated carbocycles. The van der Waals surface area contributed by atoms with Crippen molar-refractivity contribution in [2.24, 2.45) is 11.8 Å². The zero-order chi connectivity index (χ0) is 21.2. The summed E-state index contributed by atoms with van der Waals surface area (Å²) in [7, 11) is 0. The molecule has 0 bridgehead atoms. The Bertz CT molecular complexity index is 540. The summed E-state index contributed by atoms with van der Waals surface area (Å²) in [5, 5.41) is 3.17. The summed E-state index contributed by atoms with van der Waals surface area (Å²) < 4.78 is 4.90. The van der Waals surface area contributed by atoms with Gasteiger partial charge in [-0.2, -0.15) is 0 Å². The van der Waals surface area contributed by atoms with E-state index in [0.717, 1.165) is 25.8 Å². The lowest BCUT2D eigenvalue weighted by atomic mass is 9.94. The van der Waals surface area contributed by atoms with E-state index in [1.165, 1.54) is 12.8 Å². The van der Waals surface area contributed by atoms with Crippen LogP contribution < -0.4 is 5.32 Å². The van der Waals surface area contributed by atoms with Crippen molar-refractivity contribution in [2.45, 2.75) is 71.8 Å². The fraction of sp³-hybridized carbons (Fsp3) is 0.864. The molecule has 0 aromatic heterocycles. The minimum absolute atomic E-state index is 0.00339. The zero-order valence-electron chi connectivity index (χ0n) is 18.5. The van der Waals surface area contributed by atoms with E-state index in [0.29, 0.717) is 44.6 Å². The molecule has 7 heteroatoms. The second-order valence-electron chi connectivity index (χ2n) is 8.47. The predicted molar refractivity (Wildman–Crippen MR) is 112 cm³/mol. The third-order valence-electron chi connectivity index (χ3n) is 6.35. The number of hydrogen-bond donors (Lipinski definition) is 1. The normalized spacial score (nSPS) is 20.3. The Labute approximate surface area is 175 Å². The minimum Gasteiger partial charge on any atom is -0.466 e. The van der Waals surface area contributed by atoms with Crippen LogP contribution in [0.25, 0.3) is 0 Å². The molecule has 1 saturated heterocycles. The number of hydrogen-bond acceptors (Lipinski definition) is 5. The highest BCUT2D eigenvalue weighted by Gasteiger charge is 2.37. The van der Waals surface area contributed by atoms with Crippen molar-refractivity contribution in [2.75, 3.05) is 39.3 Å². The van der Waals surface area contributed by atoms with Gasteiger partial charge in [-0.05, 0) is 31.6 Å². The molecule has 29 heavy (non-hydrogen) atoms. The van der Waals surface area contributed by atoms with Gasteiger partial charge < -0.3 is 15.0 Å². The number of piperazine rings is 1. The van der Waals surface area contributed by atoms with Crippen molar-refractivity contribution >= 4 is 17.8 Å². The predicted octanol–water partition coefficient (Wildman–Crippen LogP) is 2.20. The summed E-state index contributed by atoms with van der Waals surface area (Å²) in [5.41, 5.74) is 0. The highest BCUT2D eigenvalue weighted by Crippen LogP contribution is 2.31. The molecule has 166 valence electrons. The van der Waals surface area contributed by atoms with Gasteiger partial charge in [-0.15, -0.1) is 0 Å². The molecule has 2 atom stereocenters. The van der Waals surface area contributed by atoms with Gasteiger partial charge in [0.1, 0.15) is 0 Å². The van der Waals surface area contributed by atoms with Crippen molar-refractivity contribution < 1.29 is 19.1 Å². The summed E-state index contributed by atoms with van der Waals surface area (Å²) in [4.78, 5) is 41.0. The van der Waals surface area contributed by atoms with Crippen molar-refractivity contribution in [1.82, 2.24) is 15.1 Å². The SMILES string of the molecule is CCOC(=O)CCC(=O)N1CCN(C(C(=O)NCC(C)CC)C2CCCC2)CC1. The summed E-state index contributed by atoms with van der Waals surface area (Å²) >= 11 is 0. The van der Waals surface area contributed by atoms with E-state index >= 15 is 0 Å². The number of rotatable bonds is 10. The molecule has 2 aliphatic rings. The molecule has 1 aliphatic heterocycles. The molecule has 7 nitrogen and oxygen atoms in total. The fourth-order valence-corrected chi connectivity index (χ4v) is 4.32. The number of nitrogens with one attached hydrogen (secondary N) is 1. The molecular formula is C22H39N3O4. The molecule has 1 aliphatic carbocycles. The molecule has 0 aromatic carbocycles. The van der Waals surface area contributed by atoms with Crippen LogP contribution in [0.1, 0.15) is 65.7 Å². The summed E-state index contributed by atoms with van der Waals surface area (Å²) in [6, 6.07) is -0.0849. The smallest absolute Gasteiger partial charge is 0.306 e. The quantitative estimate of drug-likeness (QED) is 0.560. The van der Waals surface area contributed by atoms with E-state index in [1.807, 2.05) is 4.90 Å². The Balaban J connectivity index is 1.87. The van der Waals surface area contributed by atoms with E-state index in [4.69, 9.17) is 4.74 Å². The molecule has 0 aromatic rings. The van der Waals surface area contributed by atoms with Gasteiger partial charge in [-0.25, -0.2) is 0 Å². The first kappa shape index (κ1) is 23.6. The number of esters is 1. The first-order valence-electron chi connectivity index (χ1n) is 11.4. The van der Waals surface area contributed by atoms with Gasteiger partial charge >= 0.3 is 5.97 Å². The van der Waals surface area contributed by atoms with Gasteiger partial charge in [0.05, 0.1) is 19.1 Å². The molecule has 2 rings (SSSR count). The van der Waals surface area contributed by atoms with E-state index in [9.17, 15) is 14.4 Å². The molecule has 2 fully saturated rings. The third-order valence-corrected chi connectivity index (χ3v) is 6.35. The lowest BCUT2D eigenvalue weighted by Gasteiger charge is -2.41. The van der Waals surface area contributed by atoms with Crippen LogP contribution in [-0.4, -0.2) is 73.0 Å². The van der Waals surface area contributed by atoms with Crippen LogP contribution in [0.4, 0.5) is 0 Å². The second kappa shape index (κ2) is 12.2. The third kappa shape index (κ3) is 7.28. The first-order chi connectivity index (χ1) is 14.0. The Hall–Kier alpha value is -1.63. The van der Waals surface area contributed by atoms with Crippen LogP contribution >= 0.6 is 0 Å². The average Bonchev–Trinajstić information content (AvgIpc) is 3.25. The van der Waals surface area contributed by atoms with Gasteiger partial charge in [0, 0.05) is 39.1 Å². The number of carbonyl (C=O) groups is 3. The fourth-order valence-electron chi connectivity index (χ4n) is 4.32. The van der Waals surface area contributed by atoms with Crippen LogP contribution in [0.15, 0.2) is 0 Å². The van der Waals surface area contributed by atoms with Crippen LogP contribution in [0.2, 0.25) is 0 Å². The number of amides is 2. The summed E-state index contributed by atoms with van der Waals surface area (Å²) in [6.07, 6.45) is 6.01. The number of carbonyl (C=O) groups excluding carboxylic acids is 3. The monoisotopic (exact) mass is 409 g/mol. The van der Waals surface area contributed by atoms with Gasteiger partial charge in [-0.3, -0.25) is 19.3 Å². The van der Waals surface area contributed by atoms with Crippen LogP contribution in [0.5, 0.6) is 0 Å². The van der Waals surface area contributed by atoms with Gasteiger partial charge in [0.2, 0.25) is 11.8 Å². The van der Waals surface area contributed by atoms with Crippen molar-refractivity contribution in [3.8, 4) is 0 Å². The Morgan fingerprint density at radius 1 is 1.03 bits per heavy atom. The van der Waals surface area contributed by atoms with E-state index < -0.39 is 0 Å². The maximum Gasteiger partial charge on any atom is 0.306 e. The topological polar surface area (TPSA) is 79.0 Å². The Morgan fingerprint density at radius 2 is 1.69 bits per heavy atom. The number of nitrogens with zero attached hydrogens (tertiary/aromatic N) is 2. The van der Waals surface area contributed by atoms with E-state index in [2.05, 4.69) is 24.1 Å². The van der Waals surface area contributed by atoms with Gasteiger partial charge in [0.25, 0.3) is 0 Å². The van der Waals surface area contributed by atoms with Crippen LogP contribution in [0.3, 0.4) is 0 Å². The molecule has 0 spiro atoms. The average molecular weight is 410 g/mol. The molecule has 1 heterocycles. The van der Waals surface area contributed by atoms with Gasteiger partial charge in [0.15, 0.2) is 0 Å². The van der Waals surface area contributed by atoms with Crippen molar-refractivity contribution in [1.29, 1.82) is 0 Å². The largest absolute Gasteiger partial charge is 0.466 e.